The molecule has 12 heavy (non-hydrogen) atoms. The number of terminal acetylenes is 1. The van der Waals surface area contributed by atoms with Crippen molar-refractivity contribution in [3.63, 3.8) is 0 Å². The molecule has 0 aliphatic heterocycles. The smallest absolute Gasteiger partial charge is 0.237 e. The summed E-state index contributed by atoms with van der Waals surface area (Å²) < 4.78 is 0. The van der Waals surface area contributed by atoms with Crippen LogP contribution in [-0.2, 0) is 4.79 Å². The van der Waals surface area contributed by atoms with E-state index in [0.717, 1.165) is 0 Å². The van der Waals surface area contributed by atoms with Crippen LogP contribution < -0.4 is 0 Å². The topological polar surface area (TPSA) is 20.3 Å². The molecule has 0 aromatic heterocycles. The van der Waals surface area contributed by atoms with Crippen molar-refractivity contribution in [3.05, 3.63) is 0 Å². The van der Waals surface area contributed by atoms with E-state index in [0.29, 0.717) is 5.33 Å². The Morgan fingerprint density at radius 2 is 2.25 bits per heavy atom. The van der Waals surface area contributed by atoms with E-state index in [4.69, 9.17) is 6.42 Å². The van der Waals surface area contributed by atoms with Crippen molar-refractivity contribution in [1.29, 1.82) is 0 Å². The van der Waals surface area contributed by atoms with Gasteiger partial charge in [-0.25, -0.2) is 0 Å². The molecule has 0 saturated heterocycles. The van der Waals surface area contributed by atoms with E-state index in [2.05, 4.69) is 37.8 Å². The average Bonchev–Trinajstić information content (AvgIpc) is 2.12. The minimum absolute atomic E-state index is 0.00248. The maximum Gasteiger partial charge on any atom is 0.237 e. The summed E-state index contributed by atoms with van der Waals surface area (Å²) in [4.78, 5) is 12.8. The van der Waals surface area contributed by atoms with Gasteiger partial charge in [0.15, 0.2) is 0 Å². The molecule has 4 heteroatoms. The molecule has 1 amide bonds. The Morgan fingerprint density at radius 3 is 2.58 bits per heavy atom. The van der Waals surface area contributed by atoms with Crippen molar-refractivity contribution in [2.24, 2.45) is 0 Å². The number of carbonyl (C=O) groups is 1. The molecule has 68 valence electrons. The fraction of sp³-hybridized carbons (Fsp3) is 0.625. The molecule has 0 heterocycles. The fourth-order valence-corrected chi connectivity index (χ4v) is 1.19. The van der Waals surface area contributed by atoms with Crippen molar-refractivity contribution in [2.75, 3.05) is 12.4 Å². The fourth-order valence-electron chi connectivity index (χ4n) is 0.590. The van der Waals surface area contributed by atoms with E-state index in [1.165, 1.54) is 0 Å². The van der Waals surface area contributed by atoms with Gasteiger partial charge in [-0.3, -0.25) is 4.79 Å². The van der Waals surface area contributed by atoms with Crippen LogP contribution in [0, 0.1) is 12.3 Å². The number of hydrogen-bond acceptors (Lipinski definition) is 1. The zero-order valence-electron chi connectivity index (χ0n) is 7.05. The molecule has 0 bridgehead atoms. The lowest BCUT2D eigenvalue weighted by molar-refractivity contribution is -0.129. The molecule has 2 unspecified atom stereocenters. The third kappa shape index (κ3) is 3.16. The molecular weight excluding hydrogens is 286 g/mol. The zero-order chi connectivity index (χ0) is 9.72. The summed E-state index contributed by atoms with van der Waals surface area (Å²) in [5, 5.41) is 0.591. The number of carbonyl (C=O) groups excluding carboxylic acids is 1. The highest BCUT2D eigenvalue weighted by molar-refractivity contribution is 9.12. The molecule has 0 aliphatic carbocycles. The van der Waals surface area contributed by atoms with Gasteiger partial charge in [-0.1, -0.05) is 37.8 Å². The predicted molar refractivity (Wildman–Crippen MR) is 57.6 cm³/mol. The molecular formula is C8H11Br2NO. The normalized spacial score (nSPS) is 14.6. The Morgan fingerprint density at radius 1 is 1.75 bits per heavy atom. The second kappa shape index (κ2) is 5.60. The van der Waals surface area contributed by atoms with Gasteiger partial charge in [0.25, 0.3) is 0 Å². The molecule has 0 aromatic carbocycles. The first-order chi connectivity index (χ1) is 5.54. The van der Waals surface area contributed by atoms with Crippen molar-refractivity contribution >= 4 is 37.8 Å². The van der Waals surface area contributed by atoms with Crippen molar-refractivity contribution in [2.45, 2.75) is 17.8 Å². The van der Waals surface area contributed by atoms with Crippen LogP contribution in [-0.4, -0.2) is 34.1 Å². The molecule has 2 atom stereocenters. The monoisotopic (exact) mass is 295 g/mol. The number of halogens is 2. The van der Waals surface area contributed by atoms with Crippen LogP contribution in [0.1, 0.15) is 6.92 Å². The van der Waals surface area contributed by atoms with Gasteiger partial charge in [-0.2, -0.15) is 0 Å². The minimum atomic E-state index is -0.196. The van der Waals surface area contributed by atoms with Gasteiger partial charge in [0.2, 0.25) is 5.91 Å². The summed E-state index contributed by atoms with van der Waals surface area (Å²) in [7, 11) is 1.70. The van der Waals surface area contributed by atoms with Crippen LogP contribution in [0.5, 0.6) is 0 Å². The molecule has 0 spiro atoms. The Kier molecular flexibility index (Phi) is 5.60. The van der Waals surface area contributed by atoms with Crippen molar-refractivity contribution in [1.82, 2.24) is 4.90 Å². The van der Waals surface area contributed by atoms with E-state index in [1.54, 1.807) is 11.9 Å². The zero-order valence-corrected chi connectivity index (χ0v) is 10.2. The maximum absolute atomic E-state index is 11.4. The third-order valence-corrected chi connectivity index (χ3v) is 3.80. The first kappa shape index (κ1) is 12.0. The third-order valence-electron chi connectivity index (χ3n) is 1.57. The lowest BCUT2D eigenvalue weighted by atomic mass is 10.3. The summed E-state index contributed by atoms with van der Waals surface area (Å²) in [5.74, 6) is 2.49. The lowest BCUT2D eigenvalue weighted by Gasteiger charge is -2.22. The standard InChI is InChI=1S/C8H11Br2NO/c1-4-6(2)11(3)8(12)7(10)5-9/h1,6-7H,5H2,2-3H3. The van der Waals surface area contributed by atoms with Gasteiger partial charge in [-0.05, 0) is 6.92 Å². The maximum atomic E-state index is 11.4. The number of nitrogens with zero attached hydrogens (tertiary/aromatic N) is 1. The second-order valence-corrected chi connectivity index (χ2v) is 4.17. The Balaban J connectivity index is 4.21. The number of alkyl halides is 2. The Labute approximate surface area is 89.9 Å². The van der Waals surface area contributed by atoms with Crippen LogP contribution in [0.2, 0.25) is 0 Å². The summed E-state index contributed by atoms with van der Waals surface area (Å²) >= 11 is 6.44. The van der Waals surface area contributed by atoms with Crippen molar-refractivity contribution < 1.29 is 4.79 Å². The molecule has 2 nitrogen and oxygen atoms in total. The van der Waals surface area contributed by atoms with Gasteiger partial charge in [0, 0.05) is 12.4 Å². The first-order valence-corrected chi connectivity index (χ1v) is 5.51. The number of amides is 1. The van der Waals surface area contributed by atoms with Gasteiger partial charge in [0.1, 0.15) is 4.83 Å². The number of rotatable bonds is 3. The van der Waals surface area contributed by atoms with E-state index < -0.39 is 0 Å². The van der Waals surface area contributed by atoms with Crippen molar-refractivity contribution in [3.8, 4) is 12.3 Å². The lowest BCUT2D eigenvalue weighted by Crippen LogP contribution is -2.39. The highest BCUT2D eigenvalue weighted by atomic mass is 79.9. The quantitative estimate of drug-likeness (QED) is 0.573. The molecule has 0 N–H and O–H groups in total. The van der Waals surface area contributed by atoms with Crippen LogP contribution in [0.4, 0.5) is 0 Å². The summed E-state index contributed by atoms with van der Waals surface area (Å²) in [6, 6.07) is -0.156. The summed E-state index contributed by atoms with van der Waals surface area (Å²) in [6.45, 7) is 1.81. The summed E-state index contributed by atoms with van der Waals surface area (Å²) in [5.41, 5.74) is 0. The highest BCUT2D eigenvalue weighted by Gasteiger charge is 2.20. The first-order valence-electron chi connectivity index (χ1n) is 3.47. The van der Waals surface area contributed by atoms with E-state index in [9.17, 15) is 4.79 Å². The van der Waals surface area contributed by atoms with E-state index >= 15 is 0 Å². The molecule has 0 saturated carbocycles. The number of hydrogen-bond donors (Lipinski definition) is 0. The molecule has 0 radical (unpaired) electrons. The Bertz CT molecular complexity index is 200. The van der Waals surface area contributed by atoms with Crippen LogP contribution in [0.25, 0.3) is 0 Å². The average molecular weight is 297 g/mol. The Hall–Kier alpha value is -0.0100. The molecule has 0 rings (SSSR count). The predicted octanol–water partition coefficient (Wildman–Crippen LogP) is 1.62. The van der Waals surface area contributed by atoms with E-state index in [1.807, 2.05) is 6.92 Å². The van der Waals surface area contributed by atoms with Gasteiger partial charge < -0.3 is 4.90 Å². The minimum Gasteiger partial charge on any atom is -0.331 e. The van der Waals surface area contributed by atoms with Gasteiger partial charge >= 0.3 is 0 Å². The molecule has 0 aromatic rings. The SMILES string of the molecule is C#CC(C)N(C)C(=O)C(Br)CBr. The van der Waals surface area contributed by atoms with Crippen LogP contribution in [0.15, 0.2) is 0 Å². The second-order valence-electron chi connectivity index (χ2n) is 2.41. The highest BCUT2D eigenvalue weighted by Crippen LogP contribution is 2.08. The van der Waals surface area contributed by atoms with Crippen LogP contribution >= 0.6 is 31.9 Å². The molecule has 0 fully saturated rings. The van der Waals surface area contributed by atoms with E-state index in [-0.39, 0.29) is 16.8 Å². The van der Waals surface area contributed by atoms with Gasteiger partial charge in [0.05, 0.1) is 6.04 Å². The van der Waals surface area contributed by atoms with Crippen LogP contribution in [0.3, 0.4) is 0 Å². The largest absolute Gasteiger partial charge is 0.331 e. The molecule has 0 aliphatic rings. The van der Waals surface area contributed by atoms with Gasteiger partial charge in [-0.15, -0.1) is 6.42 Å². The summed E-state index contributed by atoms with van der Waals surface area (Å²) in [6.07, 6.45) is 5.18.